The van der Waals surface area contributed by atoms with Crippen LogP contribution in [0, 0.1) is 0 Å². The topological polar surface area (TPSA) is 80.5 Å². The Bertz CT molecular complexity index is 1200. The van der Waals surface area contributed by atoms with Crippen LogP contribution in [-0.2, 0) is 5.75 Å². The van der Waals surface area contributed by atoms with E-state index in [1.54, 1.807) is 39.3 Å². The lowest BCUT2D eigenvalue weighted by atomic mass is 10.1. The van der Waals surface area contributed by atoms with Crippen molar-refractivity contribution in [1.29, 1.82) is 0 Å². The van der Waals surface area contributed by atoms with Crippen LogP contribution in [-0.4, -0.2) is 47.7 Å². The fraction of sp³-hybridized carbons (Fsp3) is 0.240. The molecule has 0 aliphatic carbocycles. The number of thioether (sulfide) groups is 1. The van der Waals surface area contributed by atoms with Crippen LogP contribution in [0.3, 0.4) is 0 Å². The summed E-state index contributed by atoms with van der Waals surface area (Å²) in [5, 5.41) is 9.79. The Morgan fingerprint density at radius 3 is 2.24 bits per heavy atom. The predicted molar refractivity (Wildman–Crippen MR) is 131 cm³/mol. The zero-order valence-corrected chi connectivity index (χ0v) is 20.3. The lowest BCUT2D eigenvalue weighted by molar-refractivity contribution is 0.324. The highest BCUT2D eigenvalue weighted by Gasteiger charge is 2.21. The zero-order chi connectivity index (χ0) is 23.9. The Hall–Kier alpha value is -3.72. The maximum Gasteiger partial charge on any atom is 0.203 e. The summed E-state index contributed by atoms with van der Waals surface area (Å²) in [4.78, 5) is 4.20. The first-order valence-corrected chi connectivity index (χ1v) is 11.7. The van der Waals surface area contributed by atoms with Gasteiger partial charge in [0.15, 0.2) is 22.5 Å². The summed E-state index contributed by atoms with van der Waals surface area (Å²) in [6.45, 7) is 2.57. The molecule has 4 aromatic rings. The summed E-state index contributed by atoms with van der Waals surface area (Å²) in [5.41, 5.74) is 2.79. The standard InChI is InChI=1S/C25H26N4O4S/c1-5-33-20-10-8-19(9-11-20)29-24(18-13-21(30-2)23(32-4)22(14-18)31-3)27-28-25(29)34-16-17-7-6-12-26-15-17/h6-15H,5,16H2,1-4H3. The smallest absolute Gasteiger partial charge is 0.203 e. The molecular weight excluding hydrogens is 452 g/mol. The molecule has 176 valence electrons. The van der Waals surface area contributed by atoms with Crippen LogP contribution in [0.4, 0.5) is 0 Å². The lowest BCUT2D eigenvalue weighted by Gasteiger charge is -2.15. The van der Waals surface area contributed by atoms with Gasteiger partial charge in [-0.05, 0) is 55.0 Å². The van der Waals surface area contributed by atoms with Crippen molar-refractivity contribution in [1.82, 2.24) is 19.7 Å². The average molecular weight is 479 g/mol. The molecule has 0 fully saturated rings. The molecule has 0 amide bonds. The molecule has 0 unspecified atom stereocenters. The van der Waals surface area contributed by atoms with E-state index in [0.717, 1.165) is 27.7 Å². The number of pyridine rings is 1. The normalized spacial score (nSPS) is 10.7. The van der Waals surface area contributed by atoms with Gasteiger partial charge in [-0.25, -0.2) is 0 Å². The van der Waals surface area contributed by atoms with Crippen molar-refractivity contribution >= 4 is 11.8 Å². The number of hydrogen-bond acceptors (Lipinski definition) is 8. The minimum absolute atomic E-state index is 0.520. The van der Waals surface area contributed by atoms with Crippen molar-refractivity contribution < 1.29 is 18.9 Å². The number of methoxy groups -OCH3 is 3. The molecular formula is C25H26N4O4S. The van der Waals surface area contributed by atoms with Crippen molar-refractivity contribution in [3.8, 4) is 40.1 Å². The van der Waals surface area contributed by atoms with Gasteiger partial charge in [0.2, 0.25) is 5.75 Å². The van der Waals surface area contributed by atoms with Crippen LogP contribution in [0.15, 0.2) is 66.1 Å². The van der Waals surface area contributed by atoms with Gasteiger partial charge in [-0.2, -0.15) is 0 Å². The fourth-order valence-corrected chi connectivity index (χ4v) is 4.37. The van der Waals surface area contributed by atoms with Gasteiger partial charge in [-0.15, -0.1) is 10.2 Å². The maximum atomic E-state index is 5.62. The summed E-state index contributed by atoms with van der Waals surface area (Å²) in [6, 6.07) is 15.6. The Labute approximate surface area is 202 Å². The molecule has 0 spiro atoms. The second-order valence-corrected chi connectivity index (χ2v) is 8.07. The van der Waals surface area contributed by atoms with Crippen LogP contribution >= 0.6 is 11.8 Å². The summed E-state index contributed by atoms with van der Waals surface area (Å²) in [7, 11) is 4.76. The third kappa shape index (κ3) is 4.94. The average Bonchev–Trinajstić information content (AvgIpc) is 3.31. The van der Waals surface area contributed by atoms with E-state index in [0.29, 0.717) is 35.4 Å². The van der Waals surface area contributed by atoms with E-state index in [-0.39, 0.29) is 0 Å². The molecule has 4 rings (SSSR count). The molecule has 8 nitrogen and oxygen atoms in total. The number of nitrogens with zero attached hydrogens (tertiary/aromatic N) is 4. The fourth-order valence-electron chi connectivity index (χ4n) is 3.48. The van der Waals surface area contributed by atoms with Crippen LogP contribution in [0.5, 0.6) is 23.0 Å². The molecule has 0 aliphatic rings. The Balaban J connectivity index is 1.80. The van der Waals surface area contributed by atoms with Gasteiger partial charge in [-0.3, -0.25) is 9.55 Å². The van der Waals surface area contributed by atoms with E-state index >= 15 is 0 Å². The van der Waals surface area contributed by atoms with Crippen molar-refractivity contribution in [2.45, 2.75) is 17.8 Å². The largest absolute Gasteiger partial charge is 0.494 e. The second-order valence-electron chi connectivity index (χ2n) is 7.13. The van der Waals surface area contributed by atoms with Crippen molar-refractivity contribution in [3.63, 3.8) is 0 Å². The summed E-state index contributed by atoms with van der Waals surface area (Å²) in [5.74, 6) is 3.77. The van der Waals surface area contributed by atoms with Gasteiger partial charge in [0.25, 0.3) is 0 Å². The summed E-state index contributed by atoms with van der Waals surface area (Å²) in [6.07, 6.45) is 3.61. The van der Waals surface area contributed by atoms with Gasteiger partial charge in [0.1, 0.15) is 5.75 Å². The van der Waals surface area contributed by atoms with E-state index in [9.17, 15) is 0 Å². The molecule has 0 radical (unpaired) electrons. The Morgan fingerprint density at radius 2 is 1.65 bits per heavy atom. The maximum absolute atomic E-state index is 5.62. The minimum Gasteiger partial charge on any atom is -0.494 e. The first kappa shape index (κ1) is 23.4. The number of rotatable bonds is 10. The molecule has 0 N–H and O–H groups in total. The van der Waals surface area contributed by atoms with Crippen molar-refractivity contribution in [3.05, 3.63) is 66.5 Å². The van der Waals surface area contributed by atoms with Crippen molar-refractivity contribution in [2.24, 2.45) is 0 Å². The first-order valence-electron chi connectivity index (χ1n) is 10.7. The van der Waals surface area contributed by atoms with Crippen LogP contribution in [0.25, 0.3) is 17.1 Å². The molecule has 0 atom stereocenters. The van der Waals surface area contributed by atoms with Gasteiger partial charge in [-0.1, -0.05) is 17.8 Å². The first-order chi connectivity index (χ1) is 16.7. The highest BCUT2D eigenvalue weighted by molar-refractivity contribution is 7.98. The summed E-state index contributed by atoms with van der Waals surface area (Å²) >= 11 is 1.58. The SMILES string of the molecule is CCOc1ccc(-n2c(SCc3cccnc3)nnc2-c2cc(OC)c(OC)c(OC)c2)cc1. The van der Waals surface area contributed by atoms with E-state index < -0.39 is 0 Å². The van der Waals surface area contributed by atoms with Crippen LogP contribution in [0.1, 0.15) is 12.5 Å². The van der Waals surface area contributed by atoms with Crippen LogP contribution < -0.4 is 18.9 Å². The van der Waals surface area contributed by atoms with Gasteiger partial charge in [0.05, 0.1) is 27.9 Å². The van der Waals surface area contributed by atoms with Gasteiger partial charge < -0.3 is 18.9 Å². The van der Waals surface area contributed by atoms with Crippen LogP contribution in [0.2, 0.25) is 0 Å². The predicted octanol–water partition coefficient (Wildman–Crippen LogP) is 5.05. The summed E-state index contributed by atoms with van der Waals surface area (Å²) < 4.78 is 24.2. The molecule has 34 heavy (non-hydrogen) atoms. The molecule has 0 aliphatic heterocycles. The number of benzene rings is 2. The van der Waals surface area contributed by atoms with E-state index in [1.807, 2.05) is 66.2 Å². The van der Waals surface area contributed by atoms with Gasteiger partial charge in [0, 0.05) is 29.4 Å². The highest BCUT2D eigenvalue weighted by Crippen LogP contribution is 2.42. The molecule has 2 aromatic carbocycles. The highest BCUT2D eigenvalue weighted by atomic mass is 32.2. The van der Waals surface area contributed by atoms with Gasteiger partial charge >= 0.3 is 0 Å². The third-order valence-electron chi connectivity index (χ3n) is 5.05. The number of aromatic nitrogens is 4. The molecule has 0 bridgehead atoms. The number of ether oxygens (including phenoxy) is 4. The monoisotopic (exact) mass is 478 g/mol. The third-order valence-corrected chi connectivity index (χ3v) is 6.05. The number of hydrogen-bond donors (Lipinski definition) is 0. The molecule has 2 heterocycles. The quantitative estimate of drug-likeness (QED) is 0.293. The molecule has 9 heteroatoms. The Morgan fingerprint density at radius 1 is 0.912 bits per heavy atom. The molecule has 0 saturated carbocycles. The minimum atomic E-state index is 0.520. The lowest BCUT2D eigenvalue weighted by Crippen LogP contribution is -2.02. The molecule has 2 aromatic heterocycles. The van der Waals surface area contributed by atoms with Crippen molar-refractivity contribution in [2.75, 3.05) is 27.9 Å². The Kier molecular flexibility index (Phi) is 7.54. The van der Waals surface area contributed by atoms with E-state index in [2.05, 4.69) is 15.2 Å². The van der Waals surface area contributed by atoms with E-state index in [1.165, 1.54) is 0 Å². The van der Waals surface area contributed by atoms with E-state index in [4.69, 9.17) is 18.9 Å². The second kappa shape index (κ2) is 10.9. The molecule has 0 saturated heterocycles. The zero-order valence-electron chi connectivity index (χ0n) is 19.5.